The molecule has 0 aliphatic heterocycles. The number of nitrogens with zero attached hydrogens (tertiary/aromatic N) is 2. The Morgan fingerprint density at radius 2 is 2.16 bits per heavy atom. The van der Waals surface area contributed by atoms with E-state index < -0.39 is 0 Å². The second kappa shape index (κ2) is 5.27. The van der Waals surface area contributed by atoms with Crippen LogP contribution >= 0.6 is 27.3 Å². The third-order valence-electron chi connectivity index (χ3n) is 2.83. The molecule has 3 nitrogen and oxygen atoms in total. The van der Waals surface area contributed by atoms with Gasteiger partial charge >= 0.3 is 0 Å². The lowest BCUT2D eigenvalue weighted by Crippen LogP contribution is -2.01. The van der Waals surface area contributed by atoms with Crippen LogP contribution in [0.3, 0.4) is 0 Å². The van der Waals surface area contributed by atoms with Crippen molar-refractivity contribution in [1.29, 1.82) is 0 Å². The molecule has 3 rings (SSSR count). The Bertz CT molecular complexity index is 724. The summed E-state index contributed by atoms with van der Waals surface area (Å²) in [6.45, 7) is 2.71. The lowest BCUT2D eigenvalue weighted by molar-refractivity contribution is 1.06. The van der Waals surface area contributed by atoms with Crippen LogP contribution in [-0.2, 0) is 6.54 Å². The van der Waals surface area contributed by atoms with Gasteiger partial charge in [0, 0.05) is 32.5 Å². The summed E-state index contributed by atoms with van der Waals surface area (Å²) < 4.78 is 1.08. The van der Waals surface area contributed by atoms with E-state index in [0.717, 1.165) is 31.8 Å². The third kappa shape index (κ3) is 2.62. The van der Waals surface area contributed by atoms with E-state index in [2.05, 4.69) is 42.7 Å². The fourth-order valence-electron chi connectivity index (χ4n) is 1.95. The topological polar surface area (TPSA) is 37.8 Å². The summed E-state index contributed by atoms with van der Waals surface area (Å²) in [5.41, 5.74) is 1.07. The van der Waals surface area contributed by atoms with Gasteiger partial charge in [0.05, 0.1) is 6.54 Å². The van der Waals surface area contributed by atoms with Crippen molar-refractivity contribution in [3.05, 3.63) is 51.0 Å². The molecule has 2 heterocycles. The second-order valence-corrected chi connectivity index (χ2v) is 6.03. The van der Waals surface area contributed by atoms with Crippen molar-refractivity contribution in [3.8, 4) is 0 Å². The molecule has 0 amide bonds. The Morgan fingerprint density at radius 3 is 2.95 bits per heavy atom. The maximum atomic E-state index is 4.44. The molecule has 19 heavy (non-hydrogen) atoms. The van der Waals surface area contributed by atoms with Crippen molar-refractivity contribution in [3.63, 3.8) is 0 Å². The first kappa shape index (κ1) is 12.6. The summed E-state index contributed by atoms with van der Waals surface area (Å²) in [6, 6.07) is 8.14. The van der Waals surface area contributed by atoms with Crippen molar-refractivity contribution < 1.29 is 0 Å². The number of aromatic nitrogens is 2. The van der Waals surface area contributed by atoms with E-state index in [1.165, 1.54) is 0 Å². The van der Waals surface area contributed by atoms with Crippen LogP contribution in [0.15, 0.2) is 40.3 Å². The molecule has 1 aromatic carbocycles. The average Bonchev–Trinajstić information content (AvgIpc) is 2.83. The van der Waals surface area contributed by atoms with Gasteiger partial charge in [-0.2, -0.15) is 0 Å². The Kier molecular flexibility index (Phi) is 3.48. The van der Waals surface area contributed by atoms with E-state index in [-0.39, 0.29) is 0 Å². The number of nitrogens with one attached hydrogen (secondary N) is 1. The van der Waals surface area contributed by atoms with E-state index in [4.69, 9.17) is 0 Å². The van der Waals surface area contributed by atoms with Crippen LogP contribution in [0.1, 0.15) is 10.7 Å². The van der Waals surface area contributed by atoms with Crippen molar-refractivity contribution in [2.45, 2.75) is 13.5 Å². The second-order valence-electron chi connectivity index (χ2n) is 4.23. The van der Waals surface area contributed by atoms with Gasteiger partial charge in [0.25, 0.3) is 0 Å². The molecule has 2 aromatic heterocycles. The number of hydrogen-bond acceptors (Lipinski definition) is 4. The van der Waals surface area contributed by atoms with Crippen LogP contribution in [0.25, 0.3) is 10.8 Å². The van der Waals surface area contributed by atoms with Gasteiger partial charge in [-0.15, -0.1) is 11.3 Å². The molecule has 0 saturated heterocycles. The molecule has 0 unspecified atom stereocenters. The average molecular weight is 334 g/mol. The monoisotopic (exact) mass is 333 g/mol. The van der Waals surface area contributed by atoms with Crippen molar-refractivity contribution >= 4 is 43.9 Å². The molecule has 5 heteroatoms. The molecular formula is C14H12BrN3S. The van der Waals surface area contributed by atoms with Crippen molar-refractivity contribution in [1.82, 2.24) is 9.97 Å². The summed E-state index contributed by atoms with van der Waals surface area (Å²) in [5, 5.41) is 8.77. The van der Waals surface area contributed by atoms with Gasteiger partial charge in [-0.05, 0) is 19.1 Å². The zero-order valence-electron chi connectivity index (χ0n) is 10.4. The minimum Gasteiger partial charge on any atom is -0.363 e. The van der Waals surface area contributed by atoms with Gasteiger partial charge in [0.2, 0.25) is 0 Å². The number of hydrogen-bond donors (Lipinski definition) is 1. The normalized spacial score (nSPS) is 10.8. The fourth-order valence-corrected chi connectivity index (χ4v) is 3.16. The molecule has 0 aliphatic rings. The van der Waals surface area contributed by atoms with Gasteiger partial charge in [0.1, 0.15) is 10.8 Å². The van der Waals surface area contributed by atoms with E-state index in [1.807, 2.05) is 31.3 Å². The summed E-state index contributed by atoms with van der Waals surface area (Å²) in [5.74, 6) is 0.895. The molecule has 1 N–H and O–H groups in total. The fraction of sp³-hybridized carbons (Fsp3) is 0.143. The van der Waals surface area contributed by atoms with Gasteiger partial charge in [-0.25, -0.2) is 9.97 Å². The maximum absolute atomic E-state index is 4.44. The van der Waals surface area contributed by atoms with Crippen molar-refractivity contribution in [2.75, 3.05) is 5.32 Å². The molecule has 3 aromatic rings. The highest BCUT2D eigenvalue weighted by Gasteiger charge is 2.05. The third-order valence-corrected chi connectivity index (χ3v) is 4.48. The van der Waals surface area contributed by atoms with Crippen LogP contribution in [-0.4, -0.2) is 9.97 Å². The molecule has 0 spiro atoms. The number of halogens is 1. The number of pyridine rings is 1. The SMILES string of the molecule is Cc1csc(CNc2nccc3c(Br)cccc23)n1. The van der Waals surface area contributed by atoms with Gasteiger partial charge in [-0.1, -0.05) is 28.1 Å². The lowest BCUT2D eigenvalue weighted by atomic mass is 10.1. The van der Waals surface area contributed by atoms with E-state index in [9.17, 15) is 0 Å². The first-order valence-corrected chi connectivity index (χ1v) is 7.59. The highest BCUT2D eigenvalue weighted by molar-refractivity contribution is 9.10. The summed E-state index contributed by atoms with van der Waals surface area (Å²) in [7, 11) is 0. The first-order valence-electron chi connectivity index (χ1n) is 5.92. The number of rotatable bonds is 3. The van der Waals surface area contributed by atoms with Gasteiger partial charge < -0.3 is 5.32 Å². The Hall–Kier alpha value is -1.46. The Balaban J connectivity index is 1.91. The summed E-state index contributed by atoms with van der Waals surface area (Å²) in [4.78, 5) is 8.86. The molecular weight excluding hydrogens is 322 g/mol. The maximum Gasteiger partial charge on any atom is 0.134 e. The van der Waals surface area contributed by atoms with Crippen LogP contribution in [0.4, 0.5) is 5.82 Å². The summed E-state index contributed by atoms with van der Waals surface area (Å²) >= 11 is 5.23. The van der Waals surface area contributed by atoms with Crippen LogP contribution < -0.4 is 5.32 Å². The highest BCUT2D eigenvalue weighted by atomic mass is 79.9. The highest BCUT2D eigenvalue weighted by Crippen LogP contribution is 2.27. The van der Waals surface area contributed by atoms with E-state index in [1.54, 1.807) is 11.3 Å². The lowest BCUT2D eigenvalue weighted by Gasteiger charge is -2.08. The summed E-state index contributed by atoms with van der Waals surface area (Å²) in [6.07, 6.45) is 1.82. The van der Waals surface area contributed by atoms with Crippen LogP contribution in [0, 0.1) is 6.92 Å². The number of anilines is 1. The number of benzene rings is 1. The molecule has 96 valence electrons. The van der Waals surface area contributed by atoms with Crippen molar-refractivity contribution in [2.24, 2.45) is 0 Å². The number of fused-ring (bicyclic) bond motifs is 1. The number of thiazole rings is 1. The molecule has 0 radical (unpaired) electrons. The molecule has 0 fully saturated rings. The first-order chi connectivity index (χ1) is 9.24. The molecule has 0 bridgehead atoms. The smallest absolute Gasteiger partial charge is 0.134 e. The van der Waals surface area contributed by atoms with Crippen LogP contribution in [0.2, 0.25) is 0 Å². The zero-order valence-corrected chi connectivity index (χ0v) is 12.8. The van der Waals surface area contributed by atoms with E-state index >= 15 is 0 Å². The minimum absolute atomic E-state index is 0.705. The largest absolute Gasteiger partial charge is 0.363 e. The molecule has 0 aliphatic carbocycles. The quantitative estimate of drug-likeness (QED) is 0.773. The predicted molar refractivity (Wildman–Crippen MR) is 83.6 cm³/mol. The molecule has 0 atom stereocenters. The molecule has 0 saturated carbocycles. The van der Waals surface area contributed by atoms with Gasteiger partial charge in [-0.3, -0.25) is 0 Å². The predicted octanol–water partition coefficient (Wildman–Crippen LogP) is 4.37. The Morgan fingerprint density at radius 1 is 1.26 bits per heavy atom. The standard InChI is InChI=1S/C14H12BrN3S/c1-9-8-19-13(18-9)7-17-14-11-3-2-4-12(15)10(11)5-6-16-14/h2-6,8H,7H2,1H3,(H,16,17). The van der Waals surface area contributed by atoms with E-state index in [0.29, 0.717) is 6.54 Å². The minimum atomic E-state index is 0.705. The Labute approximate surface area is 123 Å². The van der Waals surface area contributed by atoms with Crippen LogP contribution in [0.5, 0.6) is 0 Å². The zero-order chi connectivity index (χ0) is 13.2. The van der Waals surface area contributed by atoms with Gasteiger partial charge in [0.15, 0.2) is 0 Å². The number of aryl methyl sites for hydroxylation is 1.